The summed E-state index contributed by atoms with van der Waals surface area (Å²) >= 11 is 0. The van der Waals surface area contributed by atoms with Gasteiger partial charge in [-0.3, -0.25) is 9.69 Å². The lowest BCUT2D eigenvalue weighted by molar-refractivity contribution is -0.129. The monoisotopic (exact) mass is 268 g/mol. The first-order chi connectivity index (χ1) is 9.00. The summed E-state index contributed by atoms with van der Waals surface area (Å²) in [5.74, 6) is 0.622. The fourth-order valence-electron chi connectivity index (χ4n) is 3.07. The lowest BCUT2D eigenvalue weighted by atomic mass is 9.96. The molecule has 19 heavy (non-hydrogen) atoms. The minimum atomic E-state index is -0.513. The van der Waals surface area contributed by atoms with Gasteiger partial charge in [0.05, 0.1) is 5.54 Å². The number of nitrogens with two attached hydrogens (primary N) is 1. The average Bonchev–Trinajstić information content (AvgIpc) is 2.40. The van der Waals surface area contributed by atoms with E-state index in [9.17, 15) is 4.79 Å². The van der Waals surface area contributed by atoms with Crippen molar-refractivity contribution < 1.29 is 4.79 Å². The molecule has 0 radical (unpaired) electrons. The molecule has 1 amide bonds. The van der Waals surface area contributed by atoms with Gasteiger partial charge in [-0.25, -0.2) is 0 Å². The highest BCUT2D eigenvalue weighted by Crippen LogP contribution is 2.19. The molecule has 0 unspecified atom stereocenters. The number of piperidine rings is 1. The number of primary amides is 1. The summed E-state index contributed by atoms with van der Waals surface area (Å²) in [6.07, 6.45) is 2.60. The van der Waals surface area contributed by atoms with Crippen LogP contribution in [-0.2, 0) is 4.79 Å². The third-order valence-corrected chi connectivity index (χ3v) is 4.74. The van der Waals surface area contributed by atoms with Crippen molar-refractivity contribution in [2.75, 3.05) is 45.8 Å². The predicted octanol–water partition coefficient (Wildman–Crippen LogP) is -0.132. The molecule has 0 spiro atoms. The largest absolute Gasteiger partial charge is 0.368 e. The molecular formula is C14H28N4O. The van der Waals surface area contributed by atoms with E-state index in [4.69, 9.17) is 5.73 Å². The van der Waals surface area contributed by atoms with Gasteiger partial charge < -0.3 is 16.0 Å². The second-order valence-corrected chi connectivity index (χ2v) is 6.40. The van der Waals surface area contributed by atoms with E-state index >= 15 is 0 Å². The highest BCUT2D eigenvalue weighted by atomic mass is 16.1. The van der Waals surface area contributed by atoms with Gasteiger partial charge in [-0.2, -0.15) is 0 Å². The number of hydrogen-bond acceptors (Lipinski definition) is 4. The Bertz CT molecular complexity index is 305. The quantitative estimate of drug-likeness (QED) is 0.745. The van der Waals surface area contributed by atoms with E-state index in [1.165, 1.54) is 32.5 Å². The Morgan fingerprint density at radius 1 is 1.21 bits per heavy atom. The van der Waals surface area contributed by atoms with Gasteiger partial charge in [0.1, 0.15) is 0 Å². The molecule has 2 rings (SSSR count). The SMILES string of the molecule is CC(C)(C(N)=O)N1CCN(CC2CCNCC2)CC1. The molecule has 5 nitrogen and oxygen atoms in total. The fourth-order valence-corrected chi connectivity index (χ4v) is 3.07. The second-order valence-electron chi connectivity index (χ2n) is 6.40. The van der Waals surface area contributed by atoms with E-state index in [0.717, 1.165) is 32.1 Å². The van der Waals surface area contributed by atoms with Crippen molar-refractivity contribution in [3.63, 3.8) is 0 Å². The summed E-state index contributed by atoms with van der Waals surface area (Å²) < 4.78 is 0. The molecule has 0 atom stereocenters. The predicted molar refractivity (Wildman–Crippen MR) is 76.9 cm³/mol. The first kappa shape index (κ1) is 14.8. The highest BCUT2D eigenvalue weighted by Gasteiger charge is 2.34. The molecule has 2 aliphatic rings. The van der Waals surface area contributed by atoms with Gasteiger partial charge in [-0.1, -0.05) is 0 Å². The molecule has 2 aliphatic heterocycles. The van der Waals surface area contributed by atoms with Crippen LogP contribution in [0.2, 0.25) is 0 Å². The number of hydrogen-bond donors (Lipinski definition) is 2. The van der Waals surface area contributed by atoms with Crippen molar-refractivity contribution >= 4 is 5.91 Å². The topological polar surface area (TPSA) is 61.6 Å². The van der Waals surface area contributed by atoms with E-state index in [2.05, 4.69) is 15.1 Å². The van der Waals surface area contributed by atoms with E-state index in [1.807, 2.05) is 13.8 Å². The second kappa shape index (κ2) is 6.20. The van der Waals surface area contributed by atoms with Crippen LogP contribution in [0.15, 0.2) is 0 Å². The Morgan fingerprint density at radius 3 is 2.32 bits per heavy atom. The molecule has 3 N–H and O–H groups in total. The summed E-state index contributed by atoms with van der Waals surface area (Å²) in [6, 6.07) is 0. The zero-order chi connectivity index (χ0) is 13.9. The summed E-state index contributed by atoms with van der Waals surface area (Å²) in [4.78, 5) is 16.2. The molecule has 0 aromatic carbocycles. The van der Waals surface area contributed by atoms with Crippen LogP contribution < -0.4 is 11.1 Å². The molecule has 2 saturated heterocycles. The number of nitrogens with zero attached hydrogens (tertiary/aromatic N) is 2. The Morgan fingerprint density at radius 2 is 1.79 bits per heavy atom. The van der Waals surface area contributed by atoms with Crippen LogP contribution in [0.25, 0.3) is 0 Å². The lowest BCUT2D eigenvalue weighted by Crippen LogP contribution is -2.60. The number of carbonyl (C=O) groups excluding carboxylic acids is 1. The van der Waals surface area contributed by atoms with Crippen molar-refractivity contribution in [3.8, 4) is 0 Å². The zero-order valence-electron chi connectivity index (χ0n) is 12.3. The molecule has 0 aliphatic carbocycles. The molecule has 110 valence electrons. The van der Waals surface area contributed by atoms with Crippen molar-refractivity contribution in [2.45, 2.75) is 32.2 Å². The van der Waals surface area contributed by atoms with Gasteiger partial charge >= 0.3 is 0 Å². The molecule has 5 heteroatoms. The van der Waals surface area contributed by atoms with Gasteiger partial charge in [0.25, 0.3) is 0 Å². The van der Waals surface area contributed by atoms with E-state index in [0.29, 0.717) is 0 Å². The van der Waals surface area contributed by atoms with Crippen LogP contribution >= 0.6 is 0 Å². The van der Waals surface area contributed by atoms with Crippen LogP contribution in [0.5, 0.6) is 0 Å². The lowest BCUT2D eigenvalue weighted by Gasteiger charge is -2.43. The van der Waals surface area contributed by atoms with Crippen molar-refractivity contribution in [3.05, 3.63) is 0 Å². The maximum absolute atomic E-state index is 11.5. The molecule has 2 fully saturated rings. The van der Waals surface area contributed by atoms with Crippen molar-refractivity contribution in [1.29, 1.82) is 0 Å². The molecule has 0 saturated carbocycles. The molecule has 0 bridgehead atoms. The smallest absolute Gasteiger partial charge is 0.237 e. The average molecular weight is 268 g/mol. The molecule has 2 heterocycles. The maximum Gasteiger partial charge on any atom is 0.237 e. The third-order valence-electron chi connectivity index (χ3n) is 4.74. The normalized spacial score (nSPS) is 24.5. The van der Waals surface area contributed by atoms with Gasteiger partial charge in [-0.05, 0) is 45.7 Å². The van der Waals surface area contributed by atoms with E-state index in [-0.39, 0.29) is 5.91 Å². The van der Waals surface area contributed by atoms with Crippen LogP contribution in [-0.4, -0.2) is 67.1 Å². The molecule has 0 aromatic rings. The number of carbonyl (C=O) groups is 1. The number of rotatable bonds is 4. The highest BCUT2D eigenvalue weighted by molar-refractivity contribution is 5.83. The first-order valence-electron chi connectivity index (χ1n) is 7.48. The number of nitrogens with one attached hydrogen (secondary N) is 1. The Labute approximate surface area is 116 Å². The zero-order valence-corrected chi connectivity index (χ0v) is 12.3. The molecular weight excluding hydrogens is 240 g/mol. The summed E-state index contributed by atoms with van der Waals surface area (Å²) in [7, 11) is 0. The third kappa shape index (κ3) is 3.68. The Kier molecular flexibility index (Phi) is 4.81. The number of amides is 1. The van der Waals surface area contributed by atoms with Crippen LogP contribution in [0, 0.1) is 5.92 Å². The van der Waals surface area contributed by atoms with E-state index < -0.39 is 5.54 Å². The van der Waals surface area contributed by atoms with Crippen LogP contribution in [0.1, 0.15) is 26.7 Å². The minimum Gasteiger partial charge on any atom is -0.368 e. The van der Waals surface area contributed by atoms with E-state index in [1.54, 1.807) is 0 Å². The summed E-state index contributed by atoms with van der Waals surface area (Å²) in [5.41, 5.74) is 4.97. The molecule has 0 aromatic heterocycles. The maximum atomic E-state index is 11.5. The van der Waals surface area contributed by atoms with Gasteiger partial charge in [-0.15, -0.1) is 0 Å². The van der Waals surface area contributed by atoms with Crippen LogP contribution in [0.4, 0.5) is 0 Å². The van der Waals surface area contributed by atoms with Crippen molar-refractivity contribution in [2.24, 2.45) is 11.7 Å². The minimum absolute atomic E-state index is 0.223. The van der Waals surface area contributed by atoms with Crippen molar-refractivity contribution in [1.82, 2.24) is 15.1 Å². The summed E-state index contributed by atoms with van der Waals surface area (Å²) in [6.45, 7) is 11.4. The van der Waals surface area contributed by atoms with Gasteiger partial charge in [0.15, 0.2) is 0 Å². The number of piperazine rings is 1. The Balaban J connectivity index is 1.77. The van der Waals surface area contributed by atoms with Gasteiger partial charge in [0, 0.05) is 32.7 Å². The van der Waals surface area contributed by atoms with Crippen LogP contribution in [0.3, 0.4) is 0 Å². The first-order valence-corrected chi connectivity index (χ1v) is 7.48. The Hall–Kier alpha value is -0.650. The summed E-state index contributed by atoms with van der Waals surface area (Å²) in [5, 5.41) is 3.41. The fraction of sp³-hybridized carbons (Fsp3) is 0.929. The standard InChI is InChI=1S/C14H28N4O/c1-14(2,13(15)19)18-9-7-17(8-10-18)11-12-3-5-16-6-4-12/h12,16H,3-11H2,1-2H3,(H2,15,19). The van der Waals surface area contributed by atoms with Gasteiger partial charge in [0.2, 0.25) is 5.91 Å².